The number of hydrogen-bond acceptors (Lipinski definition) is 3. The van der Waals surface area contributed by atoms with Crippen molar-refractivity contribution in [1.29, 1.82) is 5.26 Å². The first kappa shape index (κ1) is 14.5. The maximum atomic E-state index is 12.2. The van der Waals surface area contributed by atoms with E-state index in [1.54, 1.807) is 6.07 Å². The van der Waals surface area contributed by atoms with Gasteiger partial charge in [-0.3, -0.25) is 0 Å². The van der Waals surface area contributed by atoms with Gasteiger partial charge in [-0.1, -0.05) is 12.1 Å². The number of nitrogens with zero attached hydrogens (tertiary/aromatic N) is 1. The SMILES string of the molecule is [B][C@]1(N[S+]([O-])C(C)(C)C)CCc2c(C#N)cccc21. The Morgan fingerprint density at radius 3 is 2.74 bits per heavy atom. The third-order valence-electron chi connectivity index (χ3n) is 3.38. The molecular weight excluding hydrogens is 255 g/mol. The second-order valence-corrected chi connectivity index (χ2v) is 7.86. The van der Waals surface area contributed by atoms with E-state index in [9.17, 15) is 4.55 Å². The molecule has 0 bridgehead atoms. The van der Waals surface area contributed by atoms with Crippen molar-refractivity contribution in [3.05, 3.63) is 34.9 Å². The molecule has 0 saturated carbocycles. The second-order valence-electron chi connectivity index (χ2n) is 5.90. The van der Waals surface area contributed by atoms with Crippen LogP contribution in [0.15, 0.2) is 18.2 Å². The quantitative estimate of drug-likeness (QED) is 0.660. The summed E-state index contributed by atoms with van der Waals surface area (Å²) in [7, 11) is 6.38. The summed E-state index contributed by atoms with van der Waals surface area (Å²) in [4.78, 5) is 0. The number of rotatable bonds is 2. The van der Waals surface area contributed by atoms with E-state index in [-0.39, 0.29) is 4.75 Å². The van der Waals surface area contributed by atoms with Gasteiger partial charge in [0.1, 0.15) is 12.6 Å². The molecule has 1 unspecified atom stereocenters. The fraction of sp³-hybridized carbons (Fsp3) is 0.500. The standard InChI is InChI=1S/C14H17BN2OS/c1-13(2,3)19(18)17-14(15)8-7-11-10(9-16)5-4-6-12(11)14/h4-6,17H,7-8H2,1-3H3/t14-,19?/m0/s1. The predicted octanol–water partition coefficient (Wildman–Crippen LogP) is 1.88. The highest BCUT2D eigenvalue weighted by atomic mass is 32.2. The molecule has 0 amide bonds. The Balaban J connectivity index is 2.34. The maximum absolute atomic E-state index is 12.2. The monoisotopic (exact) mass is 272 g/mol. The average Bonchev–Trinajstić information content (AvgIpc) is 2.66. The van der Waals surface area contributed by atoms with Crippen LogP contribution in [-0.2, 0) is 23.2 Å². The highest BCUT2D eigenvalue weighted by molar-refractivity contribution is 7.90. The van der Waals surface area contributed by atoms with E-state index in [2.05, 4.69) is 10.8 Å². The van der Waals surface area contributed by atoms with Crippen molar-refractivity contribution in [3.8, 4) is 6.07 Å². The van der Waals surface area contributed by atoms with Crippen molar-refractivity contribution < 1.29 is 4.55 Å². The largest absolute Gasteiger partial charge is 0.598 e. The van der Waals surface area contributed by atoms with Crippen LogP contribution in [0.4, 0.5) is 0 Å². The molecule has 2 radical (unpaired) electrons. The molecule has 1 aliphatic rings. The molecule has 5 heteroatoms. The van der Waals surface area contributed by atoms with Gasteiger partial charge >= 0.3 is 0 Å². The topological polar surface area (TPSA) is 58.9 Å². The second kappa shape index (κ2) is 4.86. The van der Waals surface area contributed by atoms with E-state index in [4.69, 9.17) is 13.1 Å². The Kier molecular flexibility index (Phi) is 3.70. The Bertz CT molecular complexity index is 535. The Morgan fingerprint density at radius 1 is 1.47 bits per heavy atom. The lowest BCUT2D eigenvalue weighted by Crippen LogP contribution is -2.50. The average molecular weight is 272 g/mol. The minimum Gasteiger partial charge on any atom is -0.598 e. The third kappa shape index (κ3) is 2.67. The number of hydrogen-bond donors (Lipinski definition) is 1. The highest BCUT2D eigenvalue weighted by Crippen LogP contribution is 2.37. The summed E-state index contributed by atoms with van der Waals surface area (Å²) in [5.74, 6) is 0. The zero-order chi connectivity index (χ0) is 14.3. The van der Waals surface area contributed by atoms with Crippen molar-refractivity contribution in [3.63, 3.8) is 0 Å². The van der Waals surface area contributed by atoms with Crippen molar-refractivity contribution in [2.75, 3.05) is 0 Å². The molecular formula is C14H17BN2OS. The predicted molar refractivity (Wildman–Crippen MR) is 77.9 cm³/mol. The van der Waals surface area contributed by atoms with Crippen LogP contribution in [0.1, 0.15) is 43.9 Å². The lowest BCUT2D eigenvalue weighted by molar-refractivity contribution is 0.498. The van der Waals surface area contributed by atoms with Gasteiger partial charge in [0.05, 0.1) is 11.6 Å². The van der Waals surface area contributed by atoms with Crippen LogP contribution in [0.25, 0.3) is 0 Å². The Morgan fingerprint density at radius 2 is 2.16 bits per heavy atom. The van der Waals surface area contributed by atoms with E-state index < -0.39 is 16.8 Å². The van der Waals surface area contributed by atoms with Crippen LogP contribution in [-0.4, -0.2) is 17.1 Å². The molecule has 1 N–H and O–H groups in total. The van der Waals surface area contributed by atoms with Crippen LogP contribution in [0.3, 0.4) is 0 Å². The molecule has 0 heterocycles. The zero-order valence-corrected chi connectivity index (χ0v) is 12.3. The smallest absolute Gasteiger partial charge is 0.136 e. The van der Waals surface area contributed by atoms with Crippen LogP contribution in [0.5, 0.6) is 0 Å². The molecule has 3 nitrogen and oxygen atoms in total. The van der Waals surface area contributed by atoms with Crippen molar-refractivity contribution in [2.45, 2.75) is 43.8 Å². The van der Waals surface area contributed by atoms with Crippen molar-refractivity contribution in [1.82, 2.24) is 4.72 Å². The van der Waals surface area contributed by atoms with Crippen LogP contribution >= 0.6 is 0 Å². The molecule has 0 aromatic heterocycles. The molecule has 98 valence electrons. The van der Waals surface area contributed by atoms with Crippen LogP contribution < -0.4 is 4.72 Å². The molecule has 0 fully saturated rings. The summed E-state index contributed by atoms with van der Waals surface area (Å²) in [6.45, 7) is 5.71. The molecule has 1 aromatic carbocycles. The molecule has 0 spiro atoms. The Hall–Kier alpha value is -0.955. The molecule has 2 atom stereocenters. The molecule has 1 aromatic rings. The molecule has 2 rings (SSSR count). The van der Waals surface area contributed by atoms with E-state index in [0.29, 0.717) is 12.0 Å². The number of nitrogens with one attached hydrogen (secondary N) is 1. The minimum atomic E-state index is -1.24. The first-order chi connectivity index (χ1) is 8.78. The first-order valence-corrected chi connectivity index (χ1v) is 7.44. The molecule has 19 heavy (non-hydrogen) atoms. The zero-order valence-electron chi connectivity index (χ0n) is 11.5. The van der Waals surface area contributed by atoms with Gasteiger partial charge in [-0.25, -0.2) is 0 Å². The summed E-state index contributed by atoms with van der Waals surface area (Å²) in [5, 5.41) is 9.11. The summed E-state index contributed by atoms with van der Waals surface area (Å²) < 4.78 is 14.9. The van der Waals surface area contributed by atoms with Gasteiger partial charge in [0.15, 0.2) is 0 Å². The van der Waals surface area contributed by atoms with Gasteiger partial charge in [0.2, 0.25) is 0 Å². The number of nitriles is 1. The van der Waals surface area contributed by atoms with Gasteiger partial charge in [-0.2, -0.15) is 5.26 Å². The fourth-order valence-electron chi connectivity index (χ4n) is 2.26. The lowest BCUT2D eigenvalue weighted by Gasteiger charge is -2.33. The van der Waals surface area contributed by atoms with Gasteiger partial charge in [0.25, 0.3) is 0 Å². The van der Waals surface area contributed by atoms with Crippen LogP contribution in [0.2, 0.25) is 0 Å². The summed E-state index contributed by atoms with van der Waals surface area (Å²) in [6, 6.07) is 7.72. The Labute approximate surface area is 119 Å². The third-order valence-corrected chi connectivity index (χ3v) is 5.04. The van der Waals surface area contributed by atoms with E-state index in [0.717, 1.165) is 17.5 Å². The fourth-order valence-corrected chi connectivity index (χ4v) is 3.11. The van der Waals surface area contributed by atoms with E-state index in [1.165, 1.54) is 0 Å². The van der Waals surface area contributed by atoms with Crippen LogP contribution in [0, 0.1) is 11.3 Å². The molecule has 0 saturated heterocycles. The summed E-state index contributed by atoms with van der Waals surface area (Å²) >= 11 is -1.24. The van der Waals surface area contributed by atoms with Gasteiger partial charge in [0, 0.05) is 16.8 Å². The van der Waals surface area contributed by atoms with Gasteiger partial charge in [-0.05, 0) is 50.8 Å². The highest BCUT2D eigenvalue weighted by Gasteiger charge is 2.41. The van der Waals surface area contributed by atoms with E-state index in [1.807, 2.05) is 32.9 Å². The van der Waals surface area contributed by atoms with Crippen molar-refractivity contribution in [2.24, 2.45) is 0 Å². The normalized spacial score (nSPS) is 23.7. The molecule has 0 aliphatic heterocycles. The van der Waals surface area contributed by atoms with Gasteiger partial charge < -0.3 is 4.55 Å². The van der Waals surface area contributed by atoms with Gasteiger partial charge in [-0.15, -0.1) is 4.72 Å². The lowest BCUT2D eigenvalue weighted by atomic mass is 9.74. The number of benzene rings is 1. The number of fused-ring (bicyclic) bond motifs is 1. The minimum absolute atomic E-state index is 0.373. The van der Waals surface area contributed by atoms with E-state index >= 15 is 0 Å². The molecule has 1 aliphatic carbocycles. The first-order valence-electron chi connectivity index (χ1n) is 6.29. The van der Waals surface area contributed by atoms with Crippen molar-refractivity contribution >= 4 is 19.2 Å². The maximum Gasteiger partial charge on any atom is 0.136 e. The summed E-state index contributed by atoms with van der Waals surface area (Å²) in [5.41, 5.74) is 1.73. The summed E-state index contributed by atoms with van der Waals surface area (Å²) in [6.07, 6.45) is 1.40.